The van der Waals surface area contributed by atoms with Crippen molar-refractivity contribution in [1.29, 1.82) is 0 Å². The lowest BCUT2D eigenvalue weighted by molar-refractivity contribution is -0.139. The maximum Gasteiger partial charge on any atom is 0.256 e. The molecule has 28 heavy (non-hydrogen) atoms. The minimum Gasteiger partial charge on any atom is -0.350 e. The van der Waals surface area contributed by atoms with E-state index in [9.17, 15) is 27.6 Å². The number of nitrogens with one attached hydrogen (secondary N) is 3. The van der Waals surface area contributed by atoms with Gasteiger partial charge in [0.15, 0.2) is 0 Å². The van der Waals surface area contributed by atoms with Crippen LogP contribution in [0.2, 0.25) is 0 Å². The van der Waals surface area contributed by atoms with Gasteiger partial charge in [-0.2, -0.15) is 0 Å². The summed E-state index contributed by atoms with van der Waals surface area (Å²) in [6.45, 7) is 5.37. The quantitative estimate of drug-likeness (QED) is 0.298. The third-order valence-corrected chi connectivity index (χ3v) is 6.73. The molecule has 0 aromatic carbocycles. The van der Waals surface area contributed by atoms with Gasteiger partial charge in [0, 0.05) is 12.5 Å². The van der Waals surface area contributed by atoms with E-state index in [0.29, 0.717) is 38.6 Å². The van der Waals surface area contributed by atoms with Crippen molar-refractivity contribution in [3.8, 4) is 0 Å². The minimum absolute atomic E-state index is 0.222. The molecule has 2 rings (SSSR count). The molecule has 1 aliphatic heterocycles. The number of hydrogen-bond donors (Lipinski definition) is 3. The Kier molecular flexibility index (Phi) is 7.17. The SMILES string of the molecule is C=CC(C)C(NC(=O)[C@@H]1CCCN1C(=O)CNC=O)C(=O)NS(=O)(=O)C1CC1. The standard InChI is InChI=1S/C17H26N4O6S/c1-3-11(2)15(17(25)20-28(26,27)12-6-7-12)19-16(24)13-5-4-8-21(13)14(23)9-18-10-22/h3,10-13,15H,1,4-9H2,2H3,(H,18,22)(H,19,24)(H,20,25)/t11?,13-,15?/m0/s1. The zero-order valence-corrected chi connectivity index (χ0v) is 16.5. The Morgan fingerprint density at radius 1 is 1.25 bits per heavy atom. The number of carbonyl (C=O) groups is 4. The third kappa shape index (κ3) is 5.31. The summed E-state index contributed by atoms with van der Waals surface area (Å²) in [5, 5.41) is 4.26. The molecule has 3 atom stereocenters. The molecule has 2 fully saturated rings. The Hall–Kier alpha value is -2.43. The summed E-state index contributed by atoms with van der Waals surface area (Å²) in [6.07, 6.45) is 3.87. The topological polar surface area (TPSA) is 142 Å². The van der Waals surface area contributed by atoms with Gasteiger partial charge >= 0.3 is 0 Å². The largest absolute Gasteiger partial charge is 0.350 e. The molecule has 3 N–H and O–H groups in total. The zero-order chi connectivity index (χ0) is 20.9. The number of likely N-dealkylation sites (tertiary alicyclic amines) is 1. The maximum atomic E-state index is 12.7. The van der Waals surface area contributed by atoms with Crippen LogP contribution in [0.15, 0.2) is 12.7 Å². The molecule has 0 aromatic rings. The first-order valence-corrected chi connectivity index (χ1v) is 10.7. The predicted molar refractivity (Wildman–Crippen MR) is 100 cm³/mol. The average Bonchev–Trinajstić information content (AvgIpc) is 3.41. The molecule has 1 saturated heterocycles. The van der Waals surface area contributed by atoms with Crippen molar-refractivity contribution >= 4 is 34.2 Å². The van der Waals surface area contributed by atoms with E-state index in [4.69, 9.17) is 0 Å². The molecule has 10 nitrogen and oxygen atoms in total. The fraction of sp³-hybridized carbons (Fsp3) is 0.647. The van der Waals surface area contributed by atoms with Gasteiger partial charge in [-0.15, -0.1) is 6.58 Å². The van der Waals surface area contributed by atoms with Crippen molar-refractivity contribution in [2.24, 2.45) is 5.92 Å². The lowest BCUT2D eigenvalue weighted by Crippen LogP contribution is -2.56. The van der Waals surface area contributed by atoms with Crippen LogP contribution in [-0.4, -0.2) is 67.9 Å². The van der Waals surface area contributed by atoms with E-state index in [2.05, 4.69) is 17.2 Å². The van der Waals surface area contributed by atoms with Crippen LogP contribution < -0.4 is 15.4 Å². The second-order valence-electron chi connectivity index (χ2n) is 7.04. The fourth-order valence-electron chi connectivity index (χ4n) is 3.05. The van der Waals surface area contributed by atoms with Gasteiger partial charge in [-0.25, -0.2) is 8.42 Å². The molecule has 0 radical (unpaired) electrons. The fourth-order valence-corrected chi connectivity index (χ4v) is 4.39. The van der Waals surface area contributed by atoms with Crippen LogP contribution in [0.4, 0.5) is 0 Å². The van der Waals surface area contributed by atoms with Gasteiger partial charge in [0.05, 0.1) is 11.8 Å². The number of nitrogens with zero attached hydrogens (tertiary/aromatic N) is 1. The van der Waals surface area contributed by atoms with E-state index < -0.39 is 51.0 Å². The van der Waals surface area contributed by atoms with Gasteiger partial charge in [-0.05, 0) is 25.7 Å². The molecule has 1 aliphatic carbocycles. The monoisotopic (exact) mass is 414 g/mol. The minimum atomic E-state index is -3.75. The van der Waals surface area contributed by atoms with Crippen molar-refractivity contribution in [3.05, 3.63) is 12.7 Å². The normalized spacial score (nSPS) is 21.3. The Morgan fingerprint density at radius 2 is 1.93 bits per heavy atom. The van der Waals surface area contributed by atoms with Crippen LogP contribution in [0, 0.1) is 5.92 Å². The molecular formula is C17H26N4O6S. The summed E-state index contributed by atoms with van der Waals surface area (Å²) in [5.74, 6) is -2.31. The molecule has 2 unspecified atom stereocenters. The first-order chi connectivity index (χ1) is 13.2. The Labute approximate surface area is 164 Å². The van der Waals surface area contributed by atoms with Gasteiger partial charge in [0.25, 0.3) is 5.91 Å². The molecule has 156 valence electrons. The van der Waals surface area contributed by atoms with Crippen molar-refractivity contribution in [1.82, 2.24) is 20.3 Å². The molecule has 0 spiro atoms. The van der Waals surface area contributed by atoms with E-state index in [1.807, 2.05) is 4.72 Å². The molecule has 0 aromatic heterocycles. The van der Waals surface area contributed by atoms with Crippen molar-refractivity contribution in [3.63, 3.8) is 0 Å². The highest BCUT2D eigenvalue weighted by molar-refractivity contribution is 7.90. The summed E-state index contributed by atoms with van der Waals surface area (Å²) in [4.78, 5) is 49.1. The van der Waals surface area contributed by atoms with Crippen molar-refractivity contribution in [2.75, 3.05) is 13.1 Å². The van der Waals surface area contributed by atoms with Gasteiger partial charge in [0.1, 0.15) is 12.1 Å². The van der Waals surface area contributed by atoms with Crippen LogP contribution in [0.5, 0.6) is 0 Å². The lowest BCUT2D eigenvalue weighted by Gasteiger charge is -2.27. The number of amides is 4. The van der Waals surface area contributed by atoms with Gasteiger partial charge in [0.2, 0.25) is 28.2 Å². The van der Waals surface area contributed by atoms with E-state index >= 15 is 0 Å². The highest BCUT2D eigenvalue weighted by atomic mass is 32.2. The smallest absolute Gasteiger partial charge is 0.256 e. The Morgan fingerprint density at radius 3 is 2.50 bits per heavy atom. The third-order valence-electron chi connectivity index (χ3n) is 4.90. The highest BCUT2D eigenvalue weighted by Gasteiger charge is 2.40. The van der Waals surface area contributed by atoms with Gasteiger partial charge in [-0.3, -0.25) is 23.9 Å². The maximum absolute atomic E-state index is 12.7. The van der Waals surface area contributed by atoms with E-state index in [1.54, 1.807) is 6.92 Å². The summed E-state index contributed by atoms with van der Waals surface area (Å²) >= 11 is 0. The van der Waals surface area contributed by atoms with E-state index in [-0.39, 0.29) is 6.54 Å². The van der Waals surface area contributed by atoms with Crippen LogP contribution in [0.1, 0.15) is 32.6 Å². The molecule has 2 aliphatic rings. The van der Waals surface area contributed by atoms with Crippen molar-refractivity contribution < 1.29 is 27.6 Å². The van der Waals surface area contributed by atoms with Gasteiger partial charge < -0.3 is 15.5 Å². The summed E-state index contributed by atoms with van der Waals surface area (Å²) in [7, 11) is -3.75. The van der Waals surface area contributed by atoms with E-state index in [1.165, 1.54) is 11.0 Å². The van der Waals surface area contributed by atoms with Crippen LogP contribution in [-0.2, 0) is 29.2 Å². The summed E-state index contributed by atoms with van der Waals surface area (Å²) < 4.78 is 26.1. The second kappa shape index (κ2) is 9.18. The molecule has 1 saturated carbocycles. The summed E-state index contributed by atoms with van der Waals surface area (Å²) in [5.41, 5.74) is 0. The molecule has 11 heteroatoms. The average molecular weight is 414 g/mol. The number of rotatable bonds is 10. The molecular weight excluding hydrogens is 388 g/mol. The number of sulfonamides is 1. The lowest BCUT2D eigenvalue weighted by atomic mass is 10.0. The first-order valence-electron chi connectivity index (χ1n) is 9.16. The molecule has 0 bridgehead atoms. The number of hydrogen-bond acceptors (Lipinski definition) is 6. The van der Waals surface area contributed by atoms with E-state index in [0.717, 1.165) is 0 Å². The zero-order valence-electron chi connectivity index (χ0n) is 15.7. The number of carbonyl (C=O) groups excluding carboxylic acids is 4. The summed E-state index contributed by atoms with van der Waals surface area (Å²) in [6, 6.07) is -1.92. The Bertz CT molecular complexity index is 749. The Balaban J connectivity index is 2.07. The van der Waals surface area contributed by atoms with Crippen LogP contribution >= 0.6 is 0 Å². The van der Waals surface area contributed by atoms with Crippen LogP contribution in [0.3, 0.4) is 0 Å². The first kappa shape index (κ1) is 21.9. The molecule has 4 amide bonds. The van der Waals surface area contributed by atoms with Crippen molar-refractivity contribution in [2.45, 2.75) is 49.9 Å². The van der Waals surface area contributed by atoms with Gasteiger partial charge in [-0.1, -0.05) is 13.0 Å². The second-order valence-corrected chi connectivity index (χ2v) is 9.00. The molecule has 1 heterocycles. The van der Waals surface area contributed by atoms with Crippen LogP contribution in [0.25, 0.3) is 0 Å². The predicted octanol–water partition coefficient (Wildman–Crippen LogP) is -1.36. The highest BCUT2D eigenvalue weighted by Crippen LogP contribution is 2.27.